The van der Waals surface area contributed by atoms with Gasteiger partial charge in [-0.3, -0.25) is 20.4 Å². The first kappa shape index (κ1) is 20.4. The average molecular weight is 409 g/mol. The zero-order valence-electron chi connectivity index (χ0n) is 15.8. The summed E-state index contributed by atoms with van der Waals surface area (Å²) in [5.74, 6) is -0.845. The fraction of sp³-hybridized carbons (Fsp3) is 0.130. The van der Waals surface area contributed by atoms with Crippen LogP contribution >= 0.6 is 11.6 Å². The Morgan fingerprint density at radius 3 is 1.76 bits per heavy atom. The van der Waals surface area contributed by atoms with E-state index in [1.54, 1.807) is 31.2 Å². The summed E-state index contributed by atoms with van der Waals surface area (Å²) in [7, 11) is 0. The molecule has 1 atom stereocenters. The van der Waals surface area contributed by atoms with Gasteiger partial charge in [0.1, 0.15) is 5.75 Å². The maximum atomic E-state index is 12.9. The van der Waals surface area contributed by atoms with E-state index in [-0.39, 0.29) is 5.91 Å². The lowest BCUT2D eigenvalue weighted by Crippen LogP contribution is -2.48. The van der Waals surface area contributed by atoms with Crippen LogP contribution in [0.25, 0.3) is 0 Å². The molecule has 0 bridgehead atoms. The molecule has 148 valence electrons. The molecule has 0 aliphatic carbocycles. The number of halogens is 1. The average Bonchev–Trinajstić information content (AvgIpc) is 2.75. The van der Waals surface area contributed by atoms with E-state index < -0.39 is 17.9 Å². The molecule has 3 aromatic carbocycles. The molecule has 0 radical (unpaired) electrons. The summed E-state index contributed by atoms with van der Waals surface area (Å²) < 4.78 is 5.57. The molecule has 0 heterocycles. The van der Waals surface area contributed by atoms with Crippen molar-refractivity contribution in [3.8, 4) is 5.75 Å². The maximum Gasteiger partial charge on any atom is 0.279 e. The van der Waals surface area contributed by atoms with Crippen molar-refractivity contribution in [1.82, 2.24) is 10.9 Å². The smallest absolute Gasteiger partial charge is 0.279 e. The summed E-state index contributed by atoms with van der Waals surface area (Å²) >= 11 is 5.84. The van der Waals surface area contributed by atoms with Gasteiger partial charge < -0.3 is 4.74 Å². The number of amides is 2. The summed E-state index contributed by atoms with van der Waals surface area (Å²) in [5, 5.41) is 0.578. The van der Waals surface area contributed by atoms with Crippen LogP contribution in [0.1, 0.15) is 24.0 Å². The van der Waals surface area contributed by atoms with Gasteiger partial charge >= 0.3 is 0 Å². The molecule has 0 aromatic heterocycles. The lowest BCUT2D eigenvalue weighted by atomic mass is 9.91. The van der Waals surface area contributed by atoms with E-state index >= 15 is 0 Å². The zero-order valence-corrected chi connectivity index (χ0v) is 16.6. The molecule has 3 aromatic rings. The van der Waals surface area contributed by atoms with Crippen molar-refractivity contribution in [2.75, 3.05) is 0 Å². The van der Waals surface area contributed by atoms with Crippen molar-refractivity contribution in [2.24, 2.45) is 0 Å². The van der Waals surface area contributed by atoms with E-state index in [0.29, 0.717) is 10.8 Å². The summed E-state index contributed by atoms with van der Waals surface area (Å²) in [6, 6.07) is 25.5. The van der Waals surface area contributed by atoms with Crippen molar-refractivity contribution in [3.05, 3.63) is 101 Å². The van der Waals surface area contributed by atoms with Crippen LogP contribution in [0.2, 0.25) is 5.02 Å². The van der Waals surface area contributed by atoms with E-state index in [2.05, 4.69) is 10.9 Å². The second-order valence-electron chi connectivity index (χ2n) is 6.45. The SMILES string of the molecule is CC(Oc1ccc(Cl)cc1)C(=O)NNC(=O)C(c1ccccc1)c1ccccc1. The minimum Gasteiger partial charge on any atom is -0.481 e. The van der Waals surface area contributed by atoms with E-state index in [1.165, 1.54) is 0 Å². The Labute approximate surface area is 174 Å². The molecule has 0 spiro atoms. The van der Waals surface area contributed by atoms with E-state index in [9.17, 15) is 9.59 Å². The highest BCUT2D eigenvalue weighted by Crippen LogP contribution is 2.24. The minimum absolute atomic E-state index is 0.338. The molecule has 3 rings (SSSR count). The molecule has 0 aliphatic heterocycles. The molecule has 2 amide bonds. The highest BCUT2D eigenvalue weighted by molar-refractivity contribution is 6.30. The second-order valence-corrected chi connectivity index (χ2v) is 6.88. The molecule has 0 fully saturated rings. The molecular formula is C23H21ClN2O3. The number of rotatable bonds is 6. The highest BCUT2D eigenvalue weighted by Gasteiger charge is 2.24. The van der Waals surface area contributed by atoms with Gasteiger partial charge in [0.05, 0.1) is 5.92 Å². The van der Waals surface area contributed by atoms with Crippen LogP contribution in [0.5, 0.6) is 5.75 Å². The van der Waals surface area contributed by atoms with Gasteiger partial charge in [-0.05, 0) is 42.3 Å². The molecular weight excluding hydrogens is 388 g/mol. The van der Waals surface area contributed by atoms with Crippen molar-refractivity contribution >= 4 is 23.4 Å². The standard InChI is InChI=1S/C23H21ClN2O3/c1-16(29-20-14-12-19(24)13-15-20)22(27)25-26-23(28)21(17-8-4-2-5-9-17)18-10-6-3-7-11-18/h2-16,21H,1H3,(H,25,27)(H,26,28). The molecule has 6 heteroatoms. The predicted octanol–water partition coefficient (Wildman–Crippen LogP) is 4.09. The Balaban J connectivity index is 1.65. The number of ether oxygens (including phenoxy) is 1. The topological polar surface area (TPSA) is 67.4 Å². The third-order valence-electron chi connectivity index (χ3n) is 4.33. The predicted molar refractivity (Wildman–Crippen MR) is 113 cm³/mol. The number of hydrazine groups is 1. The fourth-order valence-electron chi connectivity index (χ4n) is 2.85. The Bertz CT molecular complexity index is 907. The Morgan fingerprint density at radius 2 is 1.24 bits per heavy atom. The largest absolute Gasteiger partial charge is 0.481 e. The first-order chi connectivity index (χ1) is 14.0. The van der Waals surface area contributed by atoms with Gasteiger partial charge in [0, 0.05) is 5.02 Å². The first-order valence-electron chi connectivity index (χ1n) is 9.16. The van der Waals surface area contributed by atoms with Crippen LogP contribution < -0.4 is 15.6 Å². The molecule has 2 N–H and O–H groups in total. The number of hydrogen-bond acceptors (Lipinski definition) is 3. The lowest BCUT2D eigenvalue weighted by molar-refractivity contribution is -0.133. The molecule has 0 aliphatic rings. The van der Waals surface area contributed by atoms with Gasteiger partial charge in [-0.1, -0.05) is 72.3 Å². The number of benzene rings is 3. The minimum atomic E-state index is -0.802. The summed E-state index contributed by atoms with van der Waals surface area (Å²) in [6.45, 7) is 1.60. The van der Waals surface area contributed by atoms with E-state index in [4.69, 9.17) is 16.3 Å². The summed E-state index contributed by atoms with van der Waals surface area (Å²) in [6.07, 6.45) is -0.802. The Kier molecular flexibility index (Phi) is 6.87. The van der Waals surface area contributed by atoms with Crippen molar-refractivity contribution in [2.45, 2.75) is 18.9 Å². The van der Waals surface area contributed by atoms with Crippen molar-refractivity contribution in [1.29, 1.82) is 0 Å². The van der Waals surface area contributed by atoms with Gasteiger partial charge in [-0.25, -0.2) is 0 Å². The number of carbonyl (C=O) groups excluding carboxylic acids is 2. The van der Waals surface area contributed by atoms with Crippen LogP contribution in [0, 0.1) is 0 Å². The van der Waals surface area contributed by atoms with Gasteiger partial charge in [-0.2, -0.15) is 0 Å². The summed E-state index contributed by atoms with van der Waals surface area (Å²) in [5.41, 5.74) is 6.62. The molecule has 29 heavy (non-hydrogen) atoms. The number of carbonyl (C=O) groups is 2. The maximum absolute atomic E-state index is 12.9. The highest BCUT2D eigenvalue weighted by atomic mass is 35.5. The van der Waals surface area contributed by atoms with Gasteiger partial charge in [-0.15, -0.1) is 0 Å². The van der Waals surface area contributed by atoms with Crippen LogP contribution in [-0.2, 0) is 9.59 Å². The molecule has 0 saturated heterocycles. The molecule has 5 nitrogen and oxygen atoms in total. The van der Waals surface area contributed by atoms with Gasteiger partial charge in [0.2, 0.25) is 5.91 Å². The number of hydrogen-bond donors (Lipinski definition) is 2. The third kappa shape index (κ3) is 5.59. The molecule has 1 unspecified atom stereocenters. The van der Waals surface area contributed by atoms with Crippen LogP contribution in [0.15, 0.2) is 84.9 Å². The Hall–Kier alpha value is -3.31. The quantitative estimate of drug-likeness (QED) is 0.604. The van der Waals surface area contributed by atoms with Gasteiger partial charge in [0.25, 0.3) is 5.91 Å². The number of nitrogens with one attached hydrogen (secondary N) is 2. The normalized spacial score (nSPS) is 11.6. The van der Waals surface area contributed by atoms with Gasteiger partial charge in [0.15, 0.2) is 6.10 Å². The molecule has 0 saturated carbocycles. The van der Waals surface area contributed by atoms with E-state index in [1.807, 2.05) is 60.7 Å². The van der Waals surface area contributed by atoms with Crippen LogP contribution in [0.4, 0.5) is 0 Å². The lowest BCUT2D eigenvalue weighted by Gasteiger charge is -2.19. The summed E-state index contributed by atoms with van der Waals surface area (Å²) in [4.78, 5) is 25.2. The Morgan fingerprint density at radius 1 is 0.759 bits per heavy atom. The van der Waals surface area contributed by atoms with Crippen LogP contribution in [0.3, 0.4) is 0 Å². The fourth-order valence-corrected chi connectivity index (χ4v) is 2.98. The first-order valence-corrected chi connectivity index (χ1v) is 9.54. The van der Waals surface area contributed by atoms with Crippen LogP contribution in [-0.4, -0.2) is 17.9 Å². The zero-order chi connectivity index (χ0) is 20.6. The van der Waals surface area contributed by atoms with Crippen molar-refractivity contribution < 1.29 is 14.3 Å². The third-order valence-corrected chi connectivity index (χ3v) is 4.58. The van der Waals surface area contributed by atoms with E-state index in [0.717, 1.165) is 11.1 Å². The second kappa shape index (κ2) is 9.75. The monoisotopic (exact) mass is 408 g/mol. The van der Waals surface area contributed by atoms with Crippen molar-refractivity contribution in [3.63, 3.8) is 0 Å².